The van der Waals surface area contributed by atoms with Gasteiger partial charge in [-0.05, 0) is 13.3 Å². The first-order valence-electron chi connectivity index (χ1n) is 5.34. The van der Waals surface area contributed by atoms with Gasteiger partial charge >= 0.3 is 0 Å². The van der Waals surface area contributed by atoms with Crippen LogP contribution in [0.5, 0.6) is 5.75 Å². The smallest absolute Gasteiger partial charge is 0.251 e. The predicted molar refractivity (Wildman–Crippen MR) is 65.7 cm³/mol. The monoisotopic (exact) mass is 236 g/mol. The van der Waals surface area contributed by atoms with E-state index < -0.39 is 0 Å². The Hall–Kier alpha value is -2.04. The van der Waals surface area contributed by atoms with Gasteiger partial charge in [0.1, 0.15) is 5.75 Å². The summed E-state index contributed by atoms with van der Waals surface area (Å²) in [6.45, 7) is 3.35. The predicted octanol–water partition coefficient (Wildman–Crippen LogP) is 1.01. The van der Waals surface area contributed by atoms with Gasteiger partial charge in [0.2, 0.25) is 5.91 Å². The number of hydrogen-bond donors (Lipinski definition) is 3. The number of H-pyrrole nitrogens is 1. The summed E-state index contributed by atoms with van der Waals surface area (Å²) in [5.41, 5.74) is 0.200. The van der Waals surface area contributed by atoms with Gasteiger partial charge in [0.15, 0.2) is 0 Å². The zero-order valence-corrected chi connectivity index (χ0v) is 9.86. The maximum absolute atomic E-state index is 10.9. The third-order valence-corrected chi connectivity index (χ3v) is 2.17. The van der Waals surface area contributed by atoms with Crippen molar-refractivity contribution in [2.24, 2.45) is 0 Å². The highest BCUT2D eigenvalue weighted by Crippen LogP contribution is 2.14. The van der Waals surface area contributed by atoms with Crippen molar-refractivity contribution in [2.45, 2.75) is 26.3 Å². The topological polar surface area (TPSA) is 82.2 Å². The Bertz CT molecular complexity index is 477. The van der Waals surface area contributed by atoms with Crippen molar-refractivity contribution in [3.63, 3.8) is 0 Å². The molecule has 3 N–H and O–H groups in total. The van der Waals surface area contributed by atoms with Crippen molar-refractivity contribution in [3.8, 4) is 5.75 Å². The third kappa shape index (κ3) is 4.55. The molecule has 0 saturated carbocycles. The number of aromatic amines is 1. The molecule has 0 radical (unpaired) electrons. The largest absolute Gasteiger partial charge is 0.507 e. The quantitative estimate of drug-likeness (QED) is 0.729. The van der Waals surface area contributed by atoms with Crippen LogP contribution >= 0.6 is 0 Å². The molecule has 1 aromatic rings. The van der Waals surface area contributed by atoms with Crippen molar-refractivity contribution < 1.29 is 9.90 Å². The lowest BCUT2D eigenvalue weighted by Gasteiger charge is -2.08. The van der Waals surface area contributed by atoms with Crippen LogP contribution in [0.2, 0.25) is 0 Å². The molecule has 92 valence electrons. The number of pyridine rings is 1. The summed E-state index contributed by atoms with van der Waals surface area (Å²) < 4.78 is 0. The first kappa shape index (κ1) is 13.0. The van der Waals surface area contributed by atoms with Crippen molar-refractivity contribution in [2.75, 3.05) is 0 Å². The van der Waals surface area contributed by atoms with Gasteiger partial charge in [0.05, 0.1) is 0 Å². The Kier molecular flexibility index (Phi) is 4.51. The molecule has 0 aromatic carbocycles. The number of carbonyl (C=O) groups excluding carboxylic acids is 1. The van der Waals surface area contributed by atoms with E-state index in [4.69, 9.17) is 0 Å². The molecular weight excluding hydrogens is 220 g/mol. The van der Waals surface area contributed by atoms with Crippen LogP contribution < -0.4 is 10.9 Å². The van der Waals surface area contributed by atoms with E-state index in [0.29, 0.717) is 12.0 Å². The van der Waals surface area contributed by atoms with E-state index >= 15 is 0 Å². The van der Waals surface area contributed by atoms with Crippen LogP contribution in [0, 0.1) is 0 Å². The highest BCUT2D eigenvalue weighted by molar-refractivity contribution is 5.73. The van der Waals surface area contributed by atoms with Crippen LogP contribution in [0.15, 0.2) is 23.1 Å². The summed E-state index contributed by atoms with van der Waals surface area (Å²) in [6.07, 6.45) is 5.62. The fraction of sp³-hybridized carbons (Fsp3) is 0.333. The standard InChI is InChI=1S/C12H16N2O3/c1-8(14-9(2)15)4-3-5-10-7-13-12(17)6-11(10)16/h3,5-8H,4H2,1-2H3,(H,14,15)(H2,13,16,17)/b5-3+/t8-/m0/s1. The molecule has 0 aliphatic carbocycles. The maximum atomic E-state index is 10.9. The molecule has 1 aromatic heterocycles. The number of carbonyl (C=O) groups is 1. The van der Waals surface area contributed by atoms with E-state index in [9.17, 15) is 14.7 Å². The lowest BCUT2D eigenvalue weighted by Crippen LogP contribution is -2.29. The van der Waals surface area contributed by atoms with E-state index in [1.54, 1.807) is 6.08 Å². The molecule has 1 amide bonds. The molecule has 0 spiro atoms. The van der Waals surface area contributed by atoms with Gasteiger partial charge in [-0.2, -0.15) is 0 Å². The van der Waals surface area contributed by atoms with Crippen molar-refractivity contribution in [1.29, 1.82) is 0 Å². The molecule has 1 heterocycles. The first-order valence-corrected chi connectivity index (χ1v) is 5.34. The Morgan fingerprint density at radius 2 is 2.35 bits per heavy atom. The fourth-order valence-corrected chi connectivity index (χ4v) is 1.41. The SMILES string of the molecule is CC(=O)N[C@@H](C)C/C=C/c1c[nH]c(=O)cc1O. The van der Waals surface area contributed by atoms with Crippen LogP contribution in [0.1, 0.15) is 25.8 Å². The van der Waals surface area contributed by atoms with Gasteiger partial charge in [-0.25, -0.2) is 0 Å². The van der Waals surface area contributed by atoms with Gasteiger partial charge in [-0.3, -0.25) is 9.59 Å². The Labute approximate surface area is 99.2 Å². The molecule has 0 saturated heterocycles. The summed E-state index contributed by atoms with van der Waals surface area (Å²) in [6, 6.07) is 1.16. The minimum atomic E-state index is -0.341. The molecule has 0 aliphatic rings. The van der Waals surface area contributed by atoms with E-state index in [2.05, 4.69) is 10.3 Å². The third-order valence-electron chi connectivity index (χ3n) is 2.17. The summed E-state index contributed by atoms with van der Waals surface area (Å²) in [4.78, 5) is 24.1. The number of amides is 1. The normalized spacial score (nSPS) is 12.6. The Morgan fingerprint density at radius 1 is 1.65 bits per heavy atom. The molecule has 0 unspecified atom stereocenters. The zero-order chi connectivity index (χ0) is 12.8. The van der Waals surface area contributed by atoms with Gasteiger partial charge < -0.3 is 15.4 Å². The number of nitrogens with one attached hydrogen (secondary N) is 2. The van der Waals surface area contributed by atoms with E-state index in [-0.39, 0.29) is 23.3 Å². The minimum absolute atomic E-state index is 0.0358. The molecule has 0 fully saturated rings. The average molecular weight is 236 g/mol. The van der Waals surface area contributed by atoms with E-state index in [1.165, 1.54) is 13.1 Å². The zero-order valence-electron chi connectivity index (χ0n) is 9.86. The van der Waals surface area contributed by atoms with Gasteiger partial charge in [-0.15, -0.1) is 0 Å². The number of aromatic hydroxyl groups is 1. The number of aromatic nitrogens is 1. The van der Waals surface area contributed by atoms with Gasteiger partial charge in [0, 0.05) is 30.8 Å². The lowest BCUT2D eigenvalue weighted by atomic mass is 10.2. The van der Waals surface area contributed by atoms with Crippen LogP contribution in [-0.2, 0) is 4.79 Å². The average Bonchev–Trinajstić information content (AvgIpc) is 2.20. The van der Waals surface area contributed by atoms with Crippen molar-refractivity contribution in [1.82, 2.24) is 10.3 Å². The van der Waals surface area contributed by atoms with E-state index in [0.717, 1.165) is 6.07 Å². The molecule has 17 heavy (non-hydrogen) atoms. The summed E-state index contributed by atoms with van der Waals surface area (Å²) in [5.74, 6) is -0.130. The summed E-state index contributed by atoms with van der Waals surface area (Å²) in [5, 5.41) is 12.2. The molecule has 0 bridgehead atoms. The Morgan fingerprint density at radius 3 is 2.94 bits per heavy atom. The highest BCUT2D eigenvalue weighted by atomic mass is 16.3. The molecule has 1 rings (SSSR count). The molecule has 1 atom stereocenters. The Balaban J connectivity index is 2.59. The number of hydrogen-bond acceptors (Lipinski definition) is 3. The van der Waals surface area contributed by atoms with Crippen molar-refractivity contribution in [3.05, 3.63) is 34.3 Å². The first-order chi connectivity index (χ1) is 7.99. The van der Waals surface area contributed by atoms with Crippen molar-refractivity contribution >= 4 is 12.0 Å². The molecule has 5 heteroatoms. The van der Waals surface area contributed by atoms with Crippen LogP contribution in [-0.4, -0.2) is 22.0 Å². The molecule has 5 nitrogen and oxygen atoms in total. The molecule has 0 aliphatic heterocycles. The number of rotatable bonds is 4. The van der Waals surface area contributed by atoms with Gasteiger partial charge in [0.25, 0.3) is 5.56 Å². The highest BCUT2D eigenvalue weighted by Gasteiger charge is 2.01. The summed E-state index contributed by atoms with van der Waals surface area (Å²) in [7, 11) is 0. The second-order valence-corrected chi connectivity index (χ2v) is 3.88. The minimum Gasteiger partial charge on any atom is -0.507 e. The second kappa shape index (κ2) is 5.89. The fourth-order valence-electron chi connectivity index (χ4n) is 1.41. The van der Waals surface area contributed by atoms with E-state index in [1.807, 2.05) is 13.0 Å². The second-order valence-electron chi connectivity index (χ2n) is 3.88. The van der Waals surface area contributed by atoms with Crippen LogP contribution in [0.4, 0.5) is 0 Å². The van der Waals surface area contributed by atoms with Gasteiger partial charge in [-0.1, -0.05) is 12.2 Å². The summed E-state index contributed by atoms with van der Waals surface area (Å²) >= 11 is 0. The van der Waals surface area contributed by atoms with Crippen LogP contribution in [0.25, 0.3) is 6.08 Å². The maximum Gasteiger partial charge on any atom is 0.251 e. The molecular formula is C12H16N2O3. The van der Waals surface area contributed by atoms with Crippen LogP contribution in [0.3, 0.4) is 0 Å². The lowest BCUT2D eigenvalue weighted by molar-refractivity contribution is -0.119.